The molecule has 17 heavy (non-hydrogen) atoms. The normalized spacial score (nSPS) is 40.4. The Balaban J connectivity index is 2.26. The zero-order chi connectivity index (χ0) is 12.9. The van der Waals surface area contributed by atoms with Crippen LogP contribution in [0.2, 0.25) is 19.6 Å². The maximum Gasteiger partial charge on any atom is 0.184 e. The Hall–Kier alpha value is -0.0831. The molecule has 98 valence electrons. The first-order valence-corrected chi connectivity index (χ1v) is 10.4. The molecule has 0 aliphatic heterocycles. The molecule has 2 bridgehead atoms. The molecule has 0 amide bonds. The molecule has 1 nitrogen and oxygen atoms in total. The van der Waals surface area contributed by atoms with E-state index in [9.17, 15) is 0 Å². The minimum Gasteiger partial charge on any atom is -0.411 e. The molecule has 2 aliphatic carbocycles. The molecule has 3 atom stereocenters. The molecule has 0 spiro atoms. The van der Waals surface area contributed by atoms with Gasteiger partial charge in [0.2, 0.25) is 0 Å². The highest BCUT2D eigenvalue weighted by atomic mass is 28.4. The van der Waals surface area contributed by atoms with Crippen molar-refractivity contribution in [3.05, 3.63) is 12.2 Å². The lowest BCUT2D eigenvalue weighted by molar-refractivity contribution is 0.0428. The monoisotopic (exact) mass is 252 g/mol. The molecule has 1 unspecified atom stereocenters. The van der Waals surface area contributed by atoms with Gasteiger partial charge in [0.15, 0.2) is 8.32 Å². The lowest BCUT2D eigenvalue weighted by atomic mass is 9.64. The molecule has 1 fully saturated rings. The van der Waals surface area contributed by atoms with Gasteiger partial charge in [0.25, 0.3) is 0 Å². The van der Waals surface area contributed by atoms with E-state index in [-0.39, 0.29) is 0 Å². The summed E-state index contributed by atoms with van der Waals surface area (Å²) in [6.07, 6.45) is 9.02. The third kappa shape index (κ3) is 2.26. The van der Waals surface area contributed by atoms with Gasteiger partial charge in [0.1, 0.15) is 0 Å². The van der Waals surface area contributed by atoms with Crippen molar-refractivity contribution in [3.63, 3.8) is 0 Å². The Morgan fingerprint density at radius 1 is 1.18 bits per heavy atom. The summed E-state index contributed by atoms with van der Waals surface area (Å²) < 4.78 is 6.42. The molecule has 0 aromatic carbocycles. The minimum absolute atomic E-state index is 0.362. The van der Waals surface area contributed by atoms with Crippen LogP contribution in [0.25, 0.3) is 0 Å². The van der Waals surface area contributed by atoms with Gasteiger partial charge in [-0.3, -0.25) is 0 Å². The van der Waals surface area contributed by atoms with Gasteiger partial charge in [-0.15, -0.1) is 0 Å². The van der Waals surface area contributed by atoms with E-state index < -0.39 is 8.32 Å². The quantitative estimate of drug-likeness (QED) is 0.515. The zero-order valence-corrected chi connectivity index (χ0v) is 13.3. The third-order valence-electron chi connectivity index (χ3n) is 5.27. The number of fused-ring (bicyclic) bond motifs is 2. The Bertz CT molecular complexity index is 326. The average molecular weight is 252 g/mol. The fourth-order valence-electron chi connectivity index (χ4n) is 3.67. The fourth-order valence-corrected chi connectivity index (χ4v) is 4.73. The SMILES string of the molecule is CC1(C)[C@H]2CC[C@]1(C)CC=CC2O[Si](C)(C)C. The lowest BCUT2D eigenvalue weighted by Gasteiger charge is -2.42. The topological polar surface area (TPSA) is 9.23 Å². The summed E-state index contributed by atoms with van der Waals surface area (Å²) in [7, 11) is -1.44. The molecule has 0 heterocycles. The molecule has 0 N–H and O–H groups in total. The van der Waals surface area contributed by atoms with Crippen molar-refractivity contribution in [2.45, 2.75) is 65.8 Å². The van der Waals surface area contributed by atoms with E-state index in [0.717, 1.165) is 0 Å². The van der Waals surface area contributed by atoms with Crippen LogP contribution in [0.3, 0.4) is 0 Å². The van der Waals surface area contributed by atoms with Crippen LogP contribution in [0.5, 0.6) is 0 Å². The summed E-state index contributed by atoms with van der Waals surface area (Å²) in [5.41, 5.74) is 0.881. The van der Waals surface area contributed by atoms with Crippen LogP contribution < -0.4 is 0 Å². The van der Waals surface area contributed by atoms with Crippen molar-refractivity contribution in [2.75, 3.05) is 0 Å². The van der Waals surface area contributed by atoms with Crippen molar-refractivity contribution >= 4 is 8.32 Å². The maximum absolute atomic E-state index is 6.42. The summed E-state index contributed by atoms with van der Waals surface area (Å²) >= 11 is 0. The van der Waals surface area contributed by atoms with Gasteiger partial charge < -0.3 is 4.43 Å². The molecule has 0 aromatic heterocycles. The highest BCUT2D eigenvalue weighted by Crippen LogP contribution is 2.60. The molecule has 0 aromatic rings. The second kappa shape index (κ2) is 3.96. The Morgan fingerprint density at radius 3 is 2.41 bits per heavy atom. The summed E-state index contributed by atoms with van der Waals surface area (Å²) in [5, 5.41) is 0. The van der Waals surface area contributed by atoms with Crippen molar-refractivity contribution in [2.24, 2.45) is 16.7 Å². The van der Waals surface area contributed by atoms with Crippen LogP contribution in [0, 0.1) is 16.7 Å². The highest BCUT2D eigenvalue weighted by Gasteiger charge is 2.54. The largest absolute Gasteiger partial charge is 0.411 e. The van der Waals surface area contributed by atoms with E-state index in [1.165, 1.54) is 19.3 Å². The number of hydrogen-bond donors (Lipinski definition) is 0. The smallest absolute Gasteiger partial charge is 0.184 e. The van der Waals surface area contributed by atoms with Crippen molar-refractivity contribution in [3.8, 4) is 0 Å². The van der Waals surface area contributed by atoms with Gasteiger partial charge in [-0.05, 0) is 55.7 Å². The van der Waals surface area contributed by atoms with Crippen LogP contribution in [0.15, 0.2) is 12.2 Å². The van der Waals surface area contributed by atoms with E-state index in [1.54, 1.807) is 0 Å². The zero-order valence-electron chi connectivity index (χ0n) is 12.3. The fraction of sp³-hybridized carbons (Fsp3) is 0.867. The van der Waals surface area contributed by atoms with E-state index in [1.807, 2.05) is 0 Å². The minimum atomic E-state index is -1.44. The maximum atomic E-state index is 6.42. The first-order valence-electron chi connectivity index (χ1n) is 7.00. The van der Waals surface area contributed by atoms with Crippen molar-refractivity contribution in [1.29, 1.82) is 0 Å². The molecular weight excluding hydrogens is 224 g/mol. The highest BCUT2D eigenvalue weighted by molar-refractivity contribution is 6.69. The van der Waals surface area contributed by atoms with Gasteiger partial charge >= 0.3 is 0 Å². The third-order valence-corrected chi connectivity index (χ3v) is 6.25. The molecule has 0 saturated heterocycles. The molecule has 2 heteroatoms. The molecule has 2 rings (SSSR count). The van der Waals surface area contributed by atoms with Crippen molar-refractivity contribution in [1.82, 2.24) is 0 Å². The standard InChI is InChI=1S/C15H28OSi/c1-14(2)12-9-11-15(14,3)10-7-8-13(12)16-17(4,5)6/h7-8,12-13H,9-11H2,1-6H3/t12-,13?,15-/m0/s1. The predicted molar refractivity (Wildman–Crippen MR) is 76.6 cm³/mol. The number of allylic oxidation sites excluding steroid dienone is 1. The van der Waals surface area contributed by atoms with Crippen LogP contribution >= 0.6 is 0 Å². The van der Waals surface area contributed by atoms with E-state index in [4.69, 9.17) is 4.43 Å². The van der Waals surface area contributed by atoms with E-state index in [2.05, 4.69) is 52.6 Å². The van der Waals surface area contributed by atoms with E-state index >= 15 is 0 Å². The summed E-state index contributed by atoms with van der Waals surface area (Å²) in [6.45, 7) is 14.3. The molecule has 1 saturated carbocycles. The van der Waals surface area contributed by atoms with Crippen LogP contribution in [-0.2, 0) is 4.43 Å². The predicted octanol–water partition coefficient (Wildman–Crippen LogP) is 4.61. The number of hydrogen-bond acceptors (Lipinski definition) is 1. The molecular formula is C15H28OSi. The second-order valence-corrected chi connectivity index (χ2v) is 12.2. The van der Waals surface area contributed by atoms with Gasteiger partial charge in [-0.25, -0.2) is 0 Å². The summed E-state index contributed by atoms with van der Waals surface area (Å²) in [5.74, 6) is 0.706. The Morgan fingerprint density at radius 2 is 1.82 bits per heavy atom. The van der Waals surface area contributed by atoms with Gasteiger partial charge in [-0.1, -0.05) is 32.9 Å². The summed E-state index contributed by atoms with van der Waals surface area (Å²) in [4.78, 5) is 0. The molecule has 2 aliphatic rings. The summed E-state index contributed by atoms with van der Waals surface area (Å²) in [6, 6.07) is 0. The van der Waals surface area contributed by atoms with Crippen LogP contribution in [0.1, 0.15) is 40.0 Å². The van der Waals surface area contributed by atoms with Gasteiger partial charge in [0.05, 0.1) is 6.10 Å². The second-order valence-electron chi connectivity index (χ2n) is 7.75. The number of rotatable bonds is 2. The first kappa shape index (κ1) is 13.4. The van der Waals surface area contributed by atoms with Crippen molar-refractivity contribution < 1.29 is 4.43 Å². The Labute approximate surface area is 108 Å². The van der Waals surface area contributed by atoms with E-state index in [0.29, 0.717) is 22.9 Å². The van der Waals surface area contributed by atoms with Gasteiger partial charge in [-0.2, -0.15) is 0 Å². The average Bonchev–Trinajstić information content (AvgIpc) is 2.28. The van der Waals surface area contributed by atoms with Crippen LogP contribution in [-0.4, -0.2) is 14.4 Å². The Kier molecular flexibility index (Phi) is 3.11. The first-order chi connectivity index (χ1) is 7.66. The van der Waals surface area contributed by atoms with Crippen LogP contribution in [0.4, 0.5) is 0 Å². The van der Waals surface area contributed by atoms with Gasteiger partial charge in [0, 0.05) is 0 Å². The lowest BCUT2D eigenvalue weighted by Crippen LogP contribution is -2.41. The molecule has 0 radical (unpaired) electrons.